The zero-order valence-electron chi connectivity index (χ0n) is 16.1. The summed E-state index contributed by atoms with van der Waals surface area (Å²) in [4.78, 5) is 35.7. The molecule has 8 heteroatoms. The number of nitrogens with one attached hydrogen (secondary N) is 2. The standard InChI is InChI=1S/C18H30N2O6/c1-7-14(22)15(19-10(2)21)12-8-11(16(23)25-6)9-13(12)20-17(24)26-18(3,4)5/h7,11-15,22H,1,8-9H2,2-6H3,(H,19,21)(H,20,24). The van der Waals surface area contributed by atoms with Crippen LogP contribution in [0.2, 0.25) is 0 Å². The molecule has 1 aliphatic rings. The van der Waals surface area contributed by atoms with E-state index < -0.39 is 41.8 Å². The quantitative estimate of drug-likeness (QED) is 0.477. The number of aliphatic hydroxyl groups excluding tert-OH is 1. The van der Waals surface area contributed by atoms with Gasteiger partial charge in [0.25, 0.3) is 0 Å². The Kier molecular flexibility index (Phi) is 7.62. The molecule has 5 atom stereocenters. The molecule has 5 unspecified atom stereocenters. The summed E-state index contributed by atoms with van der Waals surface area (Å²) in [6.45, 7) is 10.1. The molecular formula is C18H30N2O6. The van der Waals surface area contributed by atoms with Crippen LogP contribution < -0.4 is 10.6 Å². The Hall–Kier alpha value is -2.09. The lowest BCUT2D eigenvalue weighted by Gasteiger charge is -2.32. The maximum atomic E-state index is 12.2. The predicted molar refractivity (Wildman–Crippen MR) is 95.2 cm³/mol. The second-order valence-corrected chi connectivity index (χ2v) is 7.56. The number of alkyl carbamates (subject to hydrolysis) is 1. The summed E-state index contributed by atoms with van der Waals surface area (Å²) in [5.41, 5.74) is -0.669. The molecule has 0 aliphatic heterocycles. The van der Waals surface area contributed by atoms with E-state index >= 15 is 0 Å². The highest BCUT2D eigenvalue weighted by molar-refractivity contribution is 5.75. The number of methoxy groups -OCH3 is 1. The van der Waals surface area contributed by atoms with Gasteiger partial charge in [-0.2, -0.15) is 0 Å². The van der Waals surface area contributed by atoms with Crippen molar-refractivity contribution < 1.29 is 29.0 Å². The smallest absolute Gasteiger partial charge is 0.407 e. The molecule has 2 amide bonds. The lowest BCUT2D eigenvalue weighted by Crippen LogP contribution is -2.53. The fraction of sp³-hybridized carbons (Fsp3) is 0.722. The topological polar surface area (TPSA) is 114 Å². The van der Waals surface area contributed by atoms with Crippen LogP contribution in [0.15, 0.2) is 12.7 Å². The first-order valence-electron chi connectivity index (χ1n) is 8.63. The van der Waals surface area contributed by atoms with E-state index in [0.717, 1.165) is 0 Å². The zero-order valence-corrected chi connectivity index (χ0v) is 16.1. The van der Waals surface area contributed by atoms with Gasteiger partial charge in [-0.05, 0) is 33.6 Å². The molecule has 0 aromatic rings. The Balaban J connectivity index is 3.03. The summed E-state index contributed by atoms with van der Waals surface area (Å²) in [5, 5.41) is 15.7. The summed E-state index contributed by atoms with van der Waals surface area (Å²) in [5.74, 6) is -1.55. The van der Waals surface area contributed by atoms with E-state index in [2.05, 4.69) is 17.2 Å². The maximum Gasteiger partial charge on any atom is 0.407 e. The average molecular weight is 370 g/mol. The van der Waals surface area contributed by atoms with E-state index in [4.69, 9.17) is 9.47 Å². The number of ether oxygens (including phenoxy) is 2. The van der Waals surface area contributed by atoms with Crippen molar-refractivity contribution in [3.8, 4) is 0 Å². The van der Waals surface area contributed by atoms with Gasteiger partial charge in [-0.3, -0.25) is 9.59 Å². The molecule has 0 aromatic heterocycles. The van der Waals surface area contributed by atoms with Crippen LogP contribution in [0.4, 0.5) is 4.79 Å². The van der Waals surface area contributed by atoms with E-state index in [1.807, 2.05) is 0 Å². The number of rotatable bonds is 6. The second-order valence-electron chi connectivity index (χ2n) is 7.56. The largest absolute Gasteiger partial charge is 0.469 e. The molecule has 8 nitrogen and oxygen atoms in total. The molecule has 148 valence electrons. The Morgan fingerprint density at radius 1 is 1.27 bits per heavy atom. The number of carbonyl (C=O) groups excluding carboxylic acids is 3. The molecule has 1 saturated carbocycles. The van der Waals surface area contributed by atoms with Gasteiger partial charge in [-0.25, -0.2) is 4.79 Å². The molecule has 1 aliphatic carbocycles. The van der Waals surface area contributed by atoms with E-state index in [-0.39, 0.29) is 11.8 Å². The van der Waals surface area contributed by atoms with Crippen LogP contribution in [0.5, 0.6) is 0 Å². The van der Waals surface area contributed by atoms with Gasteiger partial charge in [0.2, 0.25) is 5.91 Å². The minimum atomic E-state index is -1.02. The molecule has 0 aromatic carbocycles. The highest BCUT2D eigenvalue weighted by Gasteiger charge is 2.45. The van der Waals surface area contributed by atoms with Crippen molar-refractivity contribution in [2.24, 2.45) is 11.8 Å². The molecule has 0 spiro atoms. The van der Waals surface area contributed by atoms with Crippen LogP contribution in [0.1, 0.15) is 40.5 Å². The van der Waals surface area contributed by atoms with Gasteiger partial charge in [0.05, 0.1) is 25.2 Å². The van der Waals surface area contributed by atoms with Crippen molar-refractivity contribution in [2.45, 2.75) is 64.3 Å². The van der Waals surface area contributed by atoms with Crippen molar-refractivity contribution >= 4 is 18.0 Å². The summed E-state index contributed by atoms with van der Waals surface area (Å²) >= 11 is 0. The number of esters is 1. The highest BCUT2D eigenvalue weighted by Crippen LogP contribution is 2.36. The van der Waals surface area contributed by atoms with Crippen LogP contribution in [-0.4, -0.2) is 54.0 Å². The highest BCUT2D eigenvalue weighted by atomic mass is 16.6. The first kappa shape index (κ1) is 22.0. The van der Waals surface area contributed by atoms with E-state index in [0.29, 0.717) is 12.8 Å². The predicted octanol–water partition coefficient (Wildman–Crippen LogP) is 1.13. The molecule has 0 saturated heterocycles. The Morgan fingerprint density at radius 2 is 1.88 bits per heavy atom. The van der Waals surface area contributed by atoms with Gasteiger partial charge in [-0.15, -0.1) is 6.58 Å². The lowest BCUT2D eigenvalue weighted by atomic mass is 9.89. The van der Waals surface area contributed by atoms with Crippen molar-refractivity contribution in [3.63, 3.8) is 0 Å². The minimum Gasteiger partial charge on any atom is -0.469 e. The van der Waals surface area contributed by atoms with Crippen LogP contribution in [0.25, 0.3) is 0 Å². The van der Waals surface area contributed by atoms with Crippen LogP contribution >= 0.6 is 0 Å². The van der Waals surface area contributed by atoms with Crippen LogP contribution in [0.3, 0.4) is 0 Å². The average Bonchev–Trinajstić information content (AvgIpc) is 2.92. The van der Waals surface area contributed by atoms with Crippen molar-refractivity contribution in [1.82, 2.24) is 10.6 Å². The molecule has 0 radical (unpaired) electrons. The van der Waals surface area contributed by atoms with Crippen molar-refractivity contribution in [2.75, 3.05) is 7.11 Å². The fourth-order valence-corrected chi connectivity index (χ4v) is 3.28. The van der Waals surface area contributed by atoms with Crippen LogP contribution in [0, 0.1) is 11.8 Å². The zero-order chi connectivity index (χ0) is 20.1. The van der Waals surface area contributed by atoms with Crippen molar-refractivity contribution in [1.29, 1.82) is 0 Å². The Labute approximate surface area is 154 Å². The van der Waals surface area contributed by atoms with Crippen molar-refractivity contribution in [3.05, 3.63) is 12.7 Å². The van der Waals surface area contributed by atoms with Gasteiger partial charge < -0.3 is 25.2 Å². The lowest BCUT2D eigenvalue weighted by molar-refractivity contribution is -0.145. The summed E-state index contributed by atoms with van der Waals surface area (Å²) in [6, 6.07) is -1.17. The molecule has 1 fully saturated rings. The molecule has 0 heterocycles. The van der Waals surface area contributed by atoms with Gasteiger partial charge >= 0.3 is 12.1 Å². The number of amides is 2. The molecule has 3 N–H and O–H groups in total. The third-order valence-corrected chi connectivity index (χ3v) is 4.29. The van der Waals surface area contributed by atoms with Gasteiger partial charge in [0, 0.05) is 18.9 Å². The maximum absolute atomic E-state index is 12.2. The van der Waals surface area contributed by atoms with Gasteiger partial charge in [0.1, 0.15) is 5.60 Å². The fourth-order valence-electron chi connectivity index (χ4n) is 3.28. The third kappa shape index (κ3) is 6.33. The van der Waals surface area contributed by atoms with E-state index in [1.165, 1.54) is 20.1 Å². The summed E-state index contributed by atoms with van der Waals surface area (Å²) in [7, 11) is 1.30. The SMILES string of the molecule is C=CC(O)C(NC(C)=O)C1CC(C(=O)OC)CC1NC(=O)OC(C)(C)C. The Morgan fingerprint density at radius 3 is 2.35 bits per heavy atom. The van der Waals surface area contributed by atoms with E-state index in [9.17, 15) is 19.5 Å². The van der Waals surface area contributed by atoms with E-state index in [1.54, 1.807) is 20.8 Å². The number of aliphatic hydroxyl groups is 1. The number of hydrogen-bond donors (Lipinski definition) is 3. The molecule has 0 bridgehead atoms. The minimum absolute atomic E-state index is 0.326. The molecule has 26 heavy (non-hydrogen) atoms. The molecular weight excluding hydrogens is 340 g/mol. The first-order valence-corrected chi connectivity index (χ1v) is 8.63. The first-order chi connectivity index (χ1) is 12.0. The molecule has 1 rings (SSSR count). The Bertz CT molecular complexity index is 542. The second kappa shape index (κ2) is 9.02. The third-order valence-electron chi connectivity index (χ3n) is 4.29. The monoisotopic (exact) mass is 370 g/mol. The van der Waals surface area contributed by atoms with Gasteiger partial charge in [-0.1, -0.05) is 6.08 Å². The number of carbonyl (C=O) groups is 3. The summed E-state index contributed by atoms with van der Waals surface area (Å²) in [6.07, 6.45) is 0.353. The number of hydrogen-bond acceptors (Lipinski definition) is 6. The van der Waals surface area contributed by atoms with Gasteiger partial charge in [0.15, 0.2) is 0 Å². The summed E-state index contributed by atoms with van der Waals surface area (Å²) < 4.78 is 10.1. The normalized spacial score (nSPS) is 24.9. The van der Waals surface area contributed by atoms with Crippen LogP contribution in [-0.2, 0) is 19.1 Å².